The zero-order chi connectivity index (χ0) is 22.0. The average molecular weight is 413 g/mol. The van der Waals surface area contributed by atoms with Crippen LogP contribution >= 0.6 is 0 Å². The largest absolute Gasteiger partial charge is 0.463 e. The second kappa shape index (κ2) is 24.9. The van der Waals surface area contributed by atoms with E-state index < -0.39 is 0 Å². The quantitative estimate of drug-likeness (QED) is 0.0918. The van der Waals surface area contributed by atoms with Gasteiger partial charge in [0.1, 0.15) is 0 Å². The van der Waals surface area contributed by atoms with Crippen LogP contribution in [-0.2, 0) is 9.53 Å². The Balaban J connectivity index is 3.66. The fraction of sp³-hybridized carbons (Fsp3) is 0.536. The van der Waals surface area contributed by atoms with Crippen molar-refractivity contribution in [3.63, 3.8) is 0 Å². The lowest BCUT2D eigenvalue weighted by molar-refractivity contribution is -0.137. The number of unbranched alkanes of at least 4 members (excludes halogenated alkanes) is 10. The lowest BCUT2D eigenvalue weighted by Crippen LogP contribution is -2.01. The summed E-state index contributed by atoms with van der Waals surface area (Å²) in [5, 5.41) is 0. The molecule has 0 aliphatic heterocycles. The summed E-state index contributed by atoms with van der Waals surface area (Å²) in [6, 6.07) is 0. The normalized spacial score (nSPS) is 12.7. The van der Waals surface area contributed by atoms with E-state index in [2.05, 4.69) is 32.1 Å². The Morgan fingerprint density at radius 1 is 0.567 bits per heavy atom. The Morgan fingerprint density at radius 3 is 1.63 bits per heavy atom. The molecule has 0 atom stereocenters. The third kappa shape index (κ3) is 23.9. The summed E-state index contributed by atoms with van der Waals surface area (Å²) in [5.41, 5.74) is 0. The van der Waals surface area contributed by atoms with Crippen LogP contribution in [0.3, 0.4) is 0 Å². The first-order valence-corrected chi connectivity index (χ1v) is 12.0. The van der Waals surface area contributed by atoms with Gasteiger partial charge in [-0.25, -0.2) is 4.79 Å². The SMILES string of the molecule is CCCCCCCCCC=CC=CC=CC=CC=CC=CC(=O)OCCCCCC. The number of ether oxygens (including phenoxy) is 1. The van der Waals surface area contributed by atoms with Crippen LogP contribution in [0.4, 0.5) is 0 Å². The van der Waals surface area contributed by atoms with E-state index in [1.54, 1.807) is 6.08 Å². The highest BCUT2D eigenvalue weighted by molar-refractivity contribution is 5.82. The Bertz CT molecular complexity index is 547. The number of rotatable bonds is 19. The minimum atomic E-state index is -0.273. The first kappa shape index (κ1) is 27.9. The van der Waals surface area contributed by atoms with Gasteiger partial charge in [0.2, 0.25) is 0 Å². The van der Waals surface area contributed by atoms with E-state index in [1.807, 2.05) is 42.5 Å². The van der Waals surface area contributed by atoms with Crippen molar-refractivity contribution in [2.75, 3.05) is 6.61 Å². The minimum Gasteiger partial charge on any atom is -0.463 e. The van der Waals surface area contributed by atoms with E-state index in [4.69, 9.17) is 4.74 Å². The average Bonchev–Trinajstić information content (AvgIpc) is 2.75. The summed E-state index contributed by atoms with van der Waals surface area (Å²) < 4.78 is 5.12. The van der Waals surface area contributed by atoms with Gasteiger partial charge >= 0.3 is 5.97 Å². The third-order valence-corrected chi connectivity index (χ3v) is 4.58. The summed E-state index contributed by atoms with van der Waals surface area (Å²) in [7, 11) is 0. The smallest absolute Gasteiger partial charge is 0.330 e. The van der Waals surface area contributed by atoms with Gasteiger partial charge in [-0.3, -0.25) is 0 Å². The van der Waals surface area contributed by atoms with Crippen molar-refractivity contribution in [3.05, 3.63) is 72.9 Å². The molecule has 0 bridgehead atoms. The van der Waals surface area contributed by atoms with E-state index in [0.29, 0.717) is 6.61 Å². The molecule has 0 saturated heterocycles. The minimum absolute atomic E-state index is 0.273. The van der Waals surface area contributed by atoms with E-state index >= 15 is 0 Å². The molecule has 0 aliphatic carbocycles. The van der Waals surface area contributed by atoms with Crippen LogP contribution in [-0.4, -0.2) is 12.6 Å². The van der Waals surface area contributed by atoms with Gasteiger partial charge in [0.05, 0.1) is 6.61 Å². The van der Waals surface area contributed by atoms with Gasteiger partial charge in [0, 0.05) is 6.08 Å². The van der Waals surface area contributed by atoms with Crippen molar-refractivity contribution in [1.29, 1.82) is 0 Å². The number of hydrogen-bond acceptors (Lipinski definition) is 2. The van der Waals surface area contributed by atoms with Crippen molar-refractivity contribution in [3.8, 4) is 0 Å². The summed E-state index contributed by atoms with van der Waals surface area (Å²) in [4.78, 5) is 11.5. The molecule has 0 fully saturated rings. The van der Waals surface area contributed by atoms with Crippen molar-refractivity contribution >= 4 is 5.97 Å². The fourth-order valence-electron chi connectivity index (χ4n) is 2.79. The van der Waals surface area contributed by atoms with Crippen molar-refractivity contribution in [2.24, 2.45) is 0 Å². The molecule has 30 heavy (non-hydrogen) atoms. The van der Waals surface area contributed by atoms with E-state index in [1.165, 1.54) is 70.3 Å². The van der Waals surface area contributed by atoms with Gasteiger partial charge in [-0.05, 0) is 19.3 Å². The number of hydrogen-bond donors (Lipinski definition) is 0. The molecule has 0 aromatic rings. The first-order chi connectivity index (χ1) is 14.8. The van der Waals surface area contributed by atoms with E-state index in [0.717, 1.165) is 12.8 Å². The second-order valence-corrected chi connectivity index (χ2v) is 7.47. The highest BCUT2D eigenvalue weighted by Gasteiger charge is 1.95. The molecular weight excluding hydrogens is 368 g/mol. The van der Waals surface area contributed by atoms with Crippen LogP contribution < -0.4 is 0 Å². The van der Waals surface area contributed by atoms with Gasteiger partial charge in [-0.1, -0.05) is 138 Å². The predicted molar refractivity (Wildman–Crippen MR) is 133 cm³/mol. The van der Waals surface area contributed by atoms with E-state index in [-0.39, 0.29) is 5.97 Å². The lowest BCUT2D eigenvalue weighted by atomic mass is 10.1. The highest BCUT2D eigenvalue weighted by Crippen LogP contribution is 2.08. The summed E-state index contributed by atoms with van der Waals surface area (Å²) >= 11 is 0. The molecule has 0 aliphatic rings. The van der Waals surface area contributed by atoms with Gasteiger partial charge in [0.15, 0.2) is 0 Å². The maximum absolute atomic E-state index is 11.5. The van der Waals surface area contributed by atoms with Crippen LogP contribution in [0.15, 0.2) is 72.9 Å². The fourth-order valence-corrected chi connectivity index (χ4v) is 2.79. The molecule has 0 amide bonds. The summed E-state index contributed by atoms with van der Waals surface area (Å²) in [6.07, 6.45) is 38.4. The molecule has 168 valence electrons. The van der Waals surface area contributed by atoms with Crippen LogP contribution in [0.1, 0.15) is 90.9 Å². The van der Waals surface area contributed by atoms with Crippen molar-refractivity contribution in [1.82, 2.24) is 0 Å². The first-order valence-electron chi connectivity index (χ1n) is 12.0. The number of carbonyl (C=O) groups is 1. The van der Waals surface area contributed by atoms with Crippen LogP contribution in [0.2, 0.25) is 0 Å². The summed E-state index contributed by atoms with van der Waals surface area (Å²) in [6.45, 7) is 4.94. The van der Waals surface area contributed by atoms with Gasteiger partial charge < -0.3 is 4.74 Å². The van der Waals surface area contributed by atoms with Crippen molar-refractivity contribution < 1.29 is 9.53 Å². The standard InChI is InChI=1S/C28H44O2/c1-3-5-7-9-10-11-12-13-14-15-16-17-18-19-20-21-22-23-24-26-28(29)30-27-25-8-6-4-2/h14-24,26H,3-13,25,27H2,1-2H3. The molecule has 0 radical (unpaired) electrons. The Kier molecular flexibility index (Phi) is 23.2. The molecule has 0 spiro atoms. The summed E-state index contributed by atoms with van der Waals surface area (Å²) in [5.74, 6) is -0.273. The molecule has 0 unspecified atom stereocenters. The molecular formula is C28H44O2. The predicted octanol–water partition coefficient (Wildman–Crippen LogP) is 8.59. The van der Waals surface area contributed by atoms with E-state index in [9.17, 15) is 4.79 Å². The lowest BCUT2D eigenvalue weighted by Gasteiger charge is -2.00. The molecule has 2 heteroatoms. The molecule has 0 aromatic carbocycles. The topological polar surface area (TPSA) is 26.3 Å². The van der Waals surface area contributed by atoms with Gasteiger partial charge in [-0.15, -0.1) is 0 Å². The highest BCUT2D eigenvalue weighted by atomic mass is 16.5. The zero-order valence-electron chi connectivity index (χ0n) is 19.4. The monoisotopic (exact) mass is 412 g/mol. The van der Waals surface area contributed by atoms with Gasteiger partial charge in [0.25, 0.3) is 0 Å². The Labute approximate surface area is 186 Å². The van der Waals surface area contributed by atoms with Crippen LogP contribution in [0, 0.1) is 0 Å². The molecule has 0 aromatic heterocycles. The zero-order valence-corrected chi connectivity index (χ0v) is 19.4. The molecule has 2 nitrogen and oxygen atoms in total. The molecule has 0 rings (SSSR count). The molecule has 0 N–H and O–H groups in total. The second-order valence-electron chi connectivity index (χ2n) is 7.47. The third-order valence-electron chi connectivity index (χ3n) is 4.58. The van der Waals surface area contributed by atoms with Crippen molar-refractivity contribution in [2.45, 2.75) is 90.9 Å². The Morgan fingerprint density at radius 2 is 1.03 bits per heavy atom. The molecule has 0 saturated carbocycles. The van der Waals surface area contributed by atoms with Crippen LogP contribution in [0.5, 0.6) is 0 Å². The van der Waals surface area contributed by atoms with Crippen LogP contribution in [0.25, 0.3) is 0 Å². The molecule has 0 heterocycles. The van der Waals surface area contributed by atoms with Gasteiger partial charge in [-0.2, -0.15) is 0 Å². The number of carbonyl (C=O) groups excluding carboxylic acids is 1. The maximum Gasteiger partial charge on any atom is 0.330 e. The number of esters is 1. The number of allylic oxidation sites excluding steroid dienone is 11. The Hall–Kier alpha value is -2.09. The maximum atomic E-state index is 11.5.